The number of nitrogens with one attached hydrogen (secondary N) is 1. The van der Waals surface area contributed by atoms with E-state index >= 15 is 0 Å². The average molecular weight is 240 g/mol. The van der Waals surface area contributed by atoms with E-state index < -0.39 is 0 Å². The zero-order chi connectivity index (χ0) is 13.5. The molecule has 0 aromatic rings. The molecular weight excluding hydrogens is 208 g/mol. The molecule has 17 heavy (non-hydrogen) atoms. The van der Waals surface area contributed by atoms with E-state index in [2.05, 4.69) is 53.8 Å². The van der Waals surface area contributed by atoms with Crippen molar-refractivity contribution in [2.45, 2.75) is 60.9 Å². The third kappa shape index (κ3) is 3.03. The van der Waals surface area contributed by atoms with Gasteiger partial charge >= 0.3 is 0 Å². The van der Waals surface area contributed by atoms with Crippen LogP contribution >= 0.6 is 0 Å². The second-order valence-electron chi connectivity index (χ2n) is 7.96. The molecule has 0 aromatic heterocycles. The van der Waals surface area contributed by atoms with Crippen molar-refractivity contribution in [2.24, 2.45) is 27.9 Å². The van der Waals surface area contributed by atoms with Crippen LogP contribution in [-0.2, 0) is 0 Å². The van der Waals surface area contributed by atoms with Crippen LogP contribution in [0.15, 0.2) is 0 Å². The van der Waals surface area contributed by atoms with E-state index in [4.69, 9.17) is 5.73 Å². The fourth-order valence-electron chi connectivity index (χ4n) is 2.78. The van der Waals surface area contributed by atoms with Gasteiger partial charge < -0.3 is 11.1 Å². The van der Waals surface area contributed by atoms with Crippen molar-refractivity contribution >= 4 is 0 Å². The van der Waals surface area contributed by atoms with Crippen LogP contribution in [0.3, 0.4) is 0 Å². The number of nitrogens with two attached hydrogens (primary N) is 1. The standard InChI is InChI=1S/C15H32N2/c1-13(2,3)12(16)8-9-17-10-11-14(4,5)15(11,6)7/h11-12,17H,8-10,16H2,1-7H3. The highest BCUT2D eigenvalue weighted by Crippen LogP contribution is 2.67. The topological polar surface area (TPSA) is 38.0 Å². The summed E-state index contributed by atoms with van der Waals surface area (Å²) < 4.78 is 0. The van der Waals surface area contributed by atoms with Crippen LogP contribution in [0.2, 0.25) is 0 Å². The molecule has 1 unspecified atom stereocenters. The molecule has 1 rings (SSSR count). The quantitative estimate of drug-likeness (QED) is 0.725. The molecule has 0 spiro atoms. The summed E-state index contributed by atoms with van der Waals surface area (Å²) in [6.07, 6.45) is 1.07. The van der Waals surface area contributed by atoms with Crippen molar-refractivity contribution in [3.05, 3.63) is 0 Å². The highest BCUT2D eigenvalue weighted by Gasteiger charge is 2.63. The summed E-state index contributed by atoms with van der Waals surface area (Å²) in [4.78, 5) is 0. The lowest BCUT2D eigenvalue weighted by Crippen LogP contribution is -2.38. The van der Waals surface area contributed by atoms with Gasteiger partial charge in [-0.15, -0.1) is 0 Å². The molecule has 0 amide bonds. The molecular formula is C15H32N2. The number of rotatable bonds is 5. The monoisotopic (exact) mass is 240 g/mol. The Balaban J connectivity index is 2.19. The molecule has 1 saturated carbocycles. The van der Waals surface area contributed by atoms with Gasteiger partial charge in [0.1, 0.15) is 0 Å². The van der Waals surface area contributed by atoms with Crippen molar-refractivity contribution in [1.29, 1.82) is 0 Å². The molecule has 3 N–H and O–H groups in total. The van der Waals surface area contributed by atoms with Crippen LogP contribution in [0.5, 0.6) is 0 Å². The molecule has 1 atom stereocenters. The first kappa shape index (κ1) is 15.0. The minimum absolute atomic E-state index is 0.222. The Bertz CT molecular complexity index is 247. The van der Waals surface area contributed by atoms with Gasteiger partial charge in [0.2, 0.25) is 0 Å². The van der Waals surface area contributed by atoms with Gasteiger partial charge in [0.05, 0.1) is 0 Å². The molecule has 0 radical (unpaired) electrons. The Morgan fingerprint density at radius 1 is 1.12 bits per heavy atom. The Morgan fingerprint density at radius 2 is 1.59 bits per heavy atom. The first-order valence-corrected chi connectivity index (χ1v) is 6.97. The van der Waals surface area contributed by atoms with Gasteiger partial charge in [-0.1, -0.05) is 48.5 Å². The summed E-state index contributed by atoms with van der Waals surface area (Å²) in [5.41, 5.74) is 7.36. The highest BCUT2D eigenvalue weighted by molar-refractivity contribution is 5.12. The van der Waals surface area contributed by atoms with Crippen molar-refractivity contribution in [1.82, 2.24) is 5.32 Å². The first-order chi connectivity index (χ1) is 7.51. The van der Waals surface area contributed by atoms with E-state index in [0.29, 0.717) is 10.8 Å². The maximum atomic E-state index is 6.15. The van der Waals surface area contributed by atoms with E-state index in [1.54, 1.807) is 0 Å². The lowest BCUT2D eigenvalue weighted by molar-refractivity contribution is 0.301. The minimum atomic E-state index is 0.222. The van der Waals surface area contributed by atoms with Gasteiger partial charge in [-0.25, -0.2) is 0 Å². The molecule has 0 saturated heterocycles. The van der Waals surface area contributed by atoms with Crippen LogP contribution in [-0.4, -0.2) is 19.1 Å². The molecule has 2 heteroatoms. The van der Waals surface area contributed by atoms with Gasteiger partial charge in [0.25, 0.3) is 0 Å². The van der Waals surface area contributed by atoms with Gasteiger partial charge in [0, 0.05) is 6.04 Å². The lowest BCUT2D eigenvalue weighted by atomic mass is 9.85. The summed E-state index contributed by atoms with van der Waals surface area (Å²) in [7, 11) is 0. The molecule has 1 aliphatic carbocycles. The van der Waals surface area contributed by atoms with E-state index in [-0.39, 0.29) is 11.5 Å². The fraction of sp³-hybridized carbons (Fsp3) is 1.00. The summed E-state index contributed by atoms with van der Waals surface area (Å²) in [5.74, 6) is 0.806. The van der Waals surface area contributed by atoms with Crippen LogP contribution in [0.4, 0.5) is 0 Å². The second-order valence-corrected chi connectivity index (χ2v) is 7.96. The molecule has 2 nitrogen and oxygen atoms in total. The summed E-state index contributed by atoms with van der Waals surface area (Å²) >= 11 is 0. The Morgan fingerprint density at radius 3 is 1.94 bits per heavy atom. The summed E-state index contributed by atoms with van der Waals surface area (Å²) in [6, 6.07) is 0.287. The summed E-state index contributed by atoms with van der Waals surface area (Å²) in [5, 5.41) is 3.58. The van der Waals surface area contributed by atoms with E-state index in [1.807, 2.05) is 0 Å². The van der Waals surface area contributed by atoms with Crippen LogP contribution in [0.1, 0.15) is 54.9 Å². The van der Waals surface area contributed by atoms with Gasteiger partial charge in [-0.3, -0.25) is 0 Å². The van der Waals surface area contributed by atoms with Crippen molar-refractivity contribution < 1.29 is 0 Å². The van der Waals surface area contributed by atoms with Gasteiger partial charge in [-0.2, -0.15) is 0 Å². The average Bonchev–Trinajstić information content (AvgIpc) is 2.51. The van der Waals surface area contributed by atoms with E-state index in [1.165, 1.54) is 0 Å². The fourth-order valence-corrected chi connectivity index (χ4v) is 2.78. The first-order valence-electron chi connectivity index (χ1n) is 6.97. The maximum absolute atomic E-state index is 6.15. The number of hydrogen-bond donors (Lipinski definition) is 2. The Kier molecular flexibility index (Phi) is 4.01. The Labute approximate surface area is 108 Å². The Hall–Kier alpha value is -0.0800. The van der Waals surface area contributed by atoms with Crippen LogP contribution < -0.4 is 11.1 Å². The summed E-state index contributed by atoms with van der Waals surface area (Å²) in [6.45, 7) is 18.3. The molecule has 0 heterocycles. The molecule has 0 aliphatic heterocycles. The molecule has 102 valence electrons. The zero-order valence-electron chi connectivity index (χ0n) is 12.9. The van der Waals surface area contributed by atoms with Crippen molar-refractivity contribution in [3.8, 4) is 0 Å². The highest BCUT2D eigenvalue weighted by atomic mass is 14.9. The zero-order valence-corrected chi connectivity index (χ0v) is 12.9. The predicted octanol–water partition coefficient (Wildman–Crippen LogP) is 3.02. The molecule has 0 bridgehead atoms. The lowest BCUT2D eigenvalue weighted by Gasteiger charge is -2.27. The molecule has 1 fully saturated rings. The molecule has 1 aliphatic rings. The predicted molar refractivity (Wildman–Crippen MR) is 76.0 cm³/mol. The number of hydrogen-bond acceptors (Lipinski definition) is 2. The third-order valence-electron chi connectivity index (χ3n) is 5.41. The van der Waals surface area contributed by atoms with Gasteiger partial charge in [-0.05, 0) is 41.7 Å². The van der Waals surface area contributed by atoms with Crippen LogP contribution in [0.25, 0.3) is 0 Å². The largest absolute Gasteiger partial charge is 0.327 e. The molecule has 0 aromatic carbocycles. The normalized spacial score (nSPS) is 24.7. The van der Waals surface area contributed by atoms with E-state index in [0.717, 1.165) is 25.4 Å². The van der Waals surface area contributed by atoms with E-state index in [9.17, 15) is 0 Å². The third-order valence-corrected chi connectivity index (χ3v) is 5.41. The SMILES string of the molecule is CC(C)(C)C(N)CCNCC1C(C)(C)C1(C)C. The van der Waals surface area contributed by atoms with Crippen LogP contribution in [0, 0.1) is 22.2 Å². The minimum Gasteiger partial charge on any atom is -0.327 e. The van der Waals surface area contributed by atoms with Gasteiger partial charge in [0.15, 0.2) is 0 Å². The second kappa shape index (κ2) is 4.55. The maximum Gasteiger partial charge on any atom is 0.00997 e. The smallest absolute Gasteiger partial charge is 0.00997 e. The van der Waals surface area contributed by atoms with Crippen molar-refractivity contribution in [3.63, 3.8) is 0 Å². The van der Waals surface area contributed by atoms with Crippen molar-refractivity contribution in [2.75, 3.05) is 13.1 Å².